The van der Waals surface area contributed by atoms with E-state index in [2.05, 4.69) is 5.10 Å². The molecule has 2 aromatic heterocycles. The molecule has 0 saturated heterocycles. The van der Waals surface area contributed by atoms with Crippen LogP contribution in [0.15, 0.2) is 60.9 Å². The Morgan fingerprint density at radius 2 is 2.00 bits per heavy atom. The van der Waals surface area contributed by atoms with E-state index in [9.17, 15) is 4.79 Å². The molecule has 5 nitrogen and oxygen atoms in total. The number of anilines is 1. The van der Waals surface area contributed by atoms with Gasteiger partial charge in [-0.2, -0.15) is 5.10 Å². The summed E-state index contributed by atoms with van der Waals surface area (Å²) in [6, 6.07) is 15.8. The molecule has 0 aliphatic rings. The quantitative estimate of drug-likeness (QED) is 0.517. The molecule has 4 aromatic rings. The zero-order valence-corrected chi connectivity index (χ0v) is 16.1. The molecule has 136 valence electrons. The Bertz CT molecular complexity index is 1050. The fraction of sp³-hybridized carbons (Fsp3) is 0.190. The maximum Gasteiger partial charge on any atom is 0.260 e. The summed E-state index contributed by atoms with van der Waals surface area (Å²) in [4.78, 5) is 19.9. The summed E-state index contributed by atoms with van der Waals surface area (Å²) < 4.78 is 2.90. The van der Waals surface area contributed by atoms with Crippen LogP contribution in [0, 0.1) is 13.8 Å². The van der Waals surface area contributed by atoms with Crippen LogP contribution in [0.5, 0.6) is 0 Å². The van der Waals surface area contributed by atoms with Crippen LogP contribution in [0.2, 0.25) is 0 Å². The van der Waals surface area contributed by atoms with Gasteiger partial charge in [0.15, 0.2) is 5.13 Å². The molecule has 4 rings (SSSR count). The number of rotatable bonds is 5. The molecule has 0 bridgehead atoms. The summed E-state index contributed by atoms with van der Waals surface area (Å²) in [6.07, 6.45) is 3.65. The van der Waals surface area contributed by atoms with Gasteiger partial charge in [0.1, 0.15) is 0 Å². The van der Waals surface area contributed by atoms with Crippen LogP contribution < -0.4 is 4.90 Å². The van der Waals surface area contributed by atoms with Crippen LogP contribution in [-0.4, -0.2) is 27.2 Å². The lowest BCUT2D eigenvalue weighted by atomic mass is 10.0. The number of aromatic nitrogens is 3. The Labute approximate surface area is 161 Å². The van der Waals surface area contributed by atoms with Gasteiger partial charge in [-0.05, 0) is 43.7 Å². The number of carbonyl (C=O) groups is 1. The second-order valence-electron chi connectivity index (χ2n) is 6.51. The molecule has 0 atom stereocenters. The van der Waals surface area contributed by atoms with Crippen LogP contribution in [0.1, 0.15) is 21.5 Å². The molecule has 2 heterocycles. The molecule has 0 aliphatic carbocycles. The Morgan fingerprint density at radius 3 is 2.78 bits per heavy atom. The summed E-state index contributed by atoms with van der Waals surface area (Å²) in [5.74, 6) is -0.0255. The zero-order valence-electron chi connectivity index (χ0n) is 15.3. The fourth-order valence-electron chi connectivity index (χ4n) is 3.01. The molecule has 27 heavy (non-hydrogen) atoms. The lowest BCUT2D eigenvalue weighted by molar-refractivity contribution is 0.0985. The molecule has 0 N–H and O–H groups in total. The molecule has 6 heteroatoms. The molecule has 2 aromatic carbocycles. The molecule has 0 radical (unpaired) electrons. The molecule has 0 aliphatic heterocycles. The van der Waals surface area contributed by atoms with Crippen molar-refractivity contribution in [1.82, 2.24) is 14.8 Å². The number of thiazole rings is 1. The van der Waals surface area contributed by atoms with Crippen molar-refractivity contribution in [2.24, 2.45) is 0 Å². The van der Waals surface area contributed by atoms with E-state index < -0.39 is 0 Å². The third-order valence-electron chi connectivity index (χ3n) is 4.49. The van der Waals surface area contributed by atoms with Crippen LogP contribution in [0.4, 0.5) is 5.13 Å². The first-order valence-corrected chi connectivity index (χ1v) is 9.65. The summed E-state index contributed by atoms with van der Waals surface area (Å²) in [5.41, 5.74) is 3.67. The van der Waals surface area contributed by atoms with E-state index in [4.69, 9.17) is 4.98 Å². The highest BCUT2D eigenvalue weighted by atomic mass is 32.1. The van der Waals surface area contributed by atoms with Crippen molar-refractivity contribution >= 4 is 32.6 Å². The Balaban J connectivity index is 1.72. The fourth-order valence-corrected chi connectivity index (χ4v) is 4.00. The van der Waals surface area contributed by atoms with E-state index in [0.717, 1.165) is 26.9 Å². The average Bonchev–Trinajstić information content (AvgIpc) is 3.33. The number of benzene rings is 2. The molecule has 1 amide bonds. The van der Waals surface area contributed by atoms with Crippen molar-refractivity contribution in [3.63, 3.8) is 0 Å². The maximum atomic E-state index is 13.4. The lowest BCUT2D eigenvalue weighted by Crippen LogP contribution is -2.34. The van der Waals surface area contributed by atoms with Gasteiger partial charge >= 0.3 is 0 Å². The van der Waals surface area contributed by atoms with Crippen LogP contribution in [-0.2, 0) is 6.54 Å². The van der Waals surface area contributed by atoms with Gasteiger partial charge in [-0.15, -0.1) is 0 Å². The predicted molar refractivity (Wildman–Crippen MR) is 109 cm³/mol. The van der Waals surface area contributed by atoms with E-state index in [1.165, 1.54) is 11.3 Å². The first-order valence-electron chi connectivity index (χ1n) is 8.84. The Hall–Kier alpha value is -2.99. The number of aryl methyl sites for hydroxylation is 2. The van der Waals surface area contributed by atoms with Crippen molar-refractivity contribution in [3.05, 3.63) is 77.6 Å². The highest BCUT2D eigenvalue weighted by Crippen LogP contribution is 2.30. The number of amides is 1. The molecular formula is C21H20N4OS. The van der Waals surface area contributed by atoms with E-state index in [1.807, 2.05) is 73.3 Å². The number of hydrogen-bond acceptors (Lipinski definition) is 4. The topological polar surface area (TPSA) is 51.0 Å². The number of hydrogen-bond donors (Lipinski definition) is 0. The standard InChI is InChI=1S/C21H20N4OS/c1-15-8-9-16(2)17(14-15)20(26)25(13-12-24-11-5-10-22-24)21-23-18-6-3-4-7-19(18)27-21/h3-11,14H,12-13H2,1-2H3. The van der Waals surface area contributed by atoms with Gasteiger partial charge in [-0.3, -0.25) is 14.4 Å². The third-order valence-corrected chi connectivity index (χ3v) is 5.55. The first kappa shape index (κ1) is 17.4. The zero-order chi connectivity index (χ0) is 18.8. The van der Waals surface area contributed by atoms with Gasteiger partial charge in [-0.25, -0.2) is 4.98 Å². The van der Waals surface area contributed by atoms with Gasteiger partial charge in [0, 0.05) is 24.5 Å². The van der Waals surface area contributed by atoms with E-state index in [-0.39, 0.29) is 5.91 Å². The second kappa shape index (κ2) is 7.32. The smallest absolute Gasteiger partial charge is 0.260 e. The van der Waals surface area contributed by atoms with Crippen molar-refractivity contribution in [1.29, 1.82) is 0 Å². The minimum Gasteiger partial charge on any atom is -0.282 e. The summed E-state index contributed by atoms with van der Waals surface area (Å²) in [7, 11) is 0. The normalized spacial score (nSPS) is 11.0. The van der Waals surface area contributed by atoms with E-state index in [1.54, 1.807) is 11.1 Å². The SMILES string of the molecule is Cc1ccc(C)c(C(=O)N(CCn2cccn2)c2nc3ccccc3s2)c1. The summed E-state index contributed by atoms with van der Waals surface area (Å²) in [6.45, 7) is 5.09. The molecule has 0 fully saturated rings. The second-order valence-corrected chi connectivity index (χ2v) is 7.52. The number of nitrogens with zero attached hydrogens (tertiary/aromatic N) is 4. The van der Waals surface area contributed by atoms with Crippen LogP contribution in [0.3, 0.4) is 0 Å². The van der Waals surface area contributed by atoms with Crippen molar-refractivity contribution in [3.8, 4) is 0 Å². The minimum absolute atomic E-state index is 0.0255. The number of carbonyl (C=O) groups excluding carboxylic acids is 1. The summed E-state index contributed by atoms with van der Waals surface area (Å²) in [5, 5.41) is 4.97. The number of fused-ring (bicyclic) bond motifs is 1. The van der Waals surface area contributed by atoms with Gasteiger partial charge in [0.2, 0.25) is 0 Å². The molecule has 0 unspecified atom stereocenters. The highest BCUT2D eigenvalue weighted by molar-refractivity contribution is 7.22. The molecule has 0 spiro atoms. The first-order chi connectivity index (χ1) is 13.1. The van der Waals surface area contributed by atoms with Gasteiger partial charge in [0.25, 0.3) is 5.91 Å². The summed E-state index contributed by atoms with van der Waals surface area (Å²) >= 11 is 1.54. The average molecular weight is 376 g/mol. The highest BCUT2D eigenvalue weighted by Gasteiger charge is 2.22. The predicted octanol–water partition coefficient (Wildman–Crippen LogP) is 4.46. The molecular weight excluding hydrogens is 356 g/mol. The number of para-hydroxylation sites is 1. The molecule has 0 saturated carbocycles. The van der Waals surface area contributed by atoms with Crippen molar-refractivity contribution in [2.75, 3.05) is 11.4 Å². The monoisotopic (exact) mass is 376 g/mol. The van der Waals surface area contributed by atoms with Crippen molar-refractivity contribution in [2.45, 2.75) is 20.4 Å². The minimum atomic E-state index is -0.0255. The van der Waals surface area contributed by atoms with Gasteiger partial charge < -0.3 is 0 Å². The van der Waals surface area contributed by atoms with Crippen LogP contribution in [0.25, 0.3) is 10.2 Å². The van der Waals surface area contributed by atoms with Gasteiger partial charge in [0.05, 0.1) is 16.8 Å². The largest absolute Gasteiger partial charge is 0.282 e. The Kier molecular flexibility index (Phi) is 4.73. The maximum absolute atomic E-state index is 13.4. The lowest BCUT2D eigenvalue weighted by Gasteiger charge is -2.21. The Morgan fingerprint density at radius 1 is 1.15 bits per heavy atom. The van der Waals surface area contributed by atoms with Gasteiger partial charge in [-0.1, -0.05) is 41.2 Å². The van der Waals surface area contributed by atoms with E-state index in [0.29, 0.717) is 18.2 Å². The van der Waals surface area contributed by atoms with Crippen LogP contribution >= 0.6 is 11.3 Å². The van der Waals surface area contributed by atoms with Crippen molar-refractivity contribution < 1.29 is 4.79 Å². The third kappa shape index (κ3) is 3.61. The van der Waals surface area contributed by atoms with E-state index >= 15 is 0 Å².